The van der Waals surface area contributed by atoms with Gasteiger partial charge < -0.3 is 14.4 Å². The van der Waals surface area contributed by atoms with E-state index in [0.717, 1.165) is 29.7 Å². The molecule has 0 unspecified atom stereocenters. The number of rotatable bonds is 3. The Morgan fingerprint density at radius 3 is 2.30 bits per heavy atom. The molecule has 0 saturated carbocycles. The molecule has 4 heteroatoms. The van der Waals surface area contributed by atoms with Gasteiger partial charge in [0.1, 0.15) is 18.0 Å². The standard InChI is InChI=1S/C23H29NO3/c1-17-14-19-10-12-24(22(25)27-23(2,3)4)13-11-20(19)15-21(17)26-16-18-8-6-5-7-9-18/h5-9,14-15H,10-13,16H2,1-4H3. The fourth-order valence-electron chi connectivity index (χ4n) is 3.28. The van der Waals surface area contributed by atoms with Crippen molar-refractivity contribution in [1.82, 2.24) is 4.90 Å². The Bertz CT molecular complexity index is 793. The molecule has 0 fully saturated rings. The molecule has 0 N–H and O–H groups in total. The largest absolute Gasteiger partial charge is 0.489 e. The molecule has 1 aliphatic rings. The Kier molecular flexibility index (Phi) is 5.73. The molecular weight excluding hydrogens is 338 g/mol. The highest BCUT2D eigenvalue weighted by Crippen LogP contribution is 2.27. The number of hydrogen-bond acceptors (Lipinski definition) is 3. The van der Waals surface area contributed by atoms with Gasteiger partial charge in [0, 0.05) is 13.1 Å². The Morgan fingerprint density at radius 2 is 1.67 bits per heavy atom. The Hall–Kier alpha value is -2.49. The van der Waals surface area contributed by atoms with Gasteiger partial charge in [0.15, 0.2) is 0 Å². The summed E-state index contributed by atoms with van der Waals surface area (Å²) in [5.41, 5.74) is 4.38. The SMILES string of the molecule is Cc1cc2c(cc1OCc1ccccc1)CCN(C(=O)OC(C)(C)C)CC2. The van der Waals surface area contributed by atoms with Crippen LogP contribution in [0.1, 0.15) is 43.0 Å². The van der Waals surface area contributed by atoms with E-state index < -0.39 is 5.60 Å². The lowest BCUT2D eigenvalue weighted by Crippen LogP contribution is -2.38. The van der Waals surface area contributed by atoms with Gasteiger partial charge in [-0.25, -0.2) is 4.79 Å². The number of amides is 1. The molecule has 1 amide bonds. The van der Waals surface area contributed by atoms with Gasteiger partial charge in [0.05, 0.1) is 0 Å². The van der Waals surface area contributed by atoms with Crippen molar-refractivity contribution >= 4 is 6.09 Å². The first-order valence-electron chi connectivity index (χ1n) is 9.59. The maximum absolute atomic E-state index is 12.4. The molecule has 144 valence electrons. The maximum atomic E-state index is 12.4. The van der Waals surface area contributed by atoms with Gasteiger partial charge in [-0.2, -0.15) is 0 Å². The van der Waals surface area contributed by atoms with Crippen LogP contribution >= 0.6 is 0 Å². The minimum absolute atomic E-state index is 0.229. The Balaban J connectivity index is 1.68. The van der Waals surface area contributed by atoms with Gasteiger partial charge in [-0.05, 0) is 68.9 Å². The number of aryl methyl sites for hydroxylation is 1. The number of hydrogen-bond donors (Lipinski definition) is 0. The summed E-state index contributed by atoms with van der Waals surface area (Å²) < 4.78 is 11.6. The molecule has 1 aliphatic heterocycles. The number of carbonyl (C=O) groups is 1. The molecule has 2 aromatic rings. The molecule has 27 heavy (non-hydrogen) atoms. The van der Waals surface area contributed by atoms with Crippen LogP contribution in [0.3, 0.4) is 0 Å². The monoisotopic (exact) mass is 367 g/mol. The van der Waals surface area contributed by atoms with Crippen LogP contribution in [-0.4, -0.2) is 29.7 Å². The number of fused-ring (bicyclic) bond motifs is 1. The molecule has 0 spiro atoms. The zero-order chi connectivity index (χ0) is 19.4. The second kappa shape index (κ2) is 8.03. The summed E-state index contributed by atoms with van der Waals surface area (Å²) in [6.07, 6.45) is 1.43. The average molecular weight is 367 g/mol. The van der Waals surface area contributed by atoms with Crippen molar-refractivity contribution in [1.29, 1.82) is 0 Å². The second-order valence-corrected chi connectivity index (χ2v) is 8.13. The van der Waals surface area contributed by atoms with Crippen molar-refractivity contribution in [2.24, 2.45) is 0 Å². The summed E-state index contributed by atoms with van der Waals surface area (Å²) in [6, 6.07) is 14.5. The van der Waals surface area contributed by atoms with Crippen LogP contribution in [-0.2, 0) is 24.2 Å². The van der Waals surface area contributed by atoms with Crippen molar-refractivity contribution in [3.8, 4) is 5.75 Å². The van der Waals surface area contributed by atoms with E-state index in [1.54, 1.807) is 0 Å². The van der Waals surface area contributed by atoms with Crippen LogP contribution < -0.4 is 4.74 Å². The lowest BCUT2D eigenvalue weighted by atomic mass is 10.00. The molecule has 0 radical (unpaired) electrons. The van der Waals surface area contributed by atoms with E-state index in [0.29, 0.717) is 19.7 Å². The van der Waals surface area contributed by atoms with Crippen LogP contribution in [0.15, 0.2) is 42.5 Å². The molecule has 0 saturated heterocycles. The lowest BCUT2D eigenvalue weighted by molar-refractivity contribution is 0.0258. The third kappa shape index (κ3) is 5.25. The first kappa shape index (κ1) is 19.3. The fourth-order valence-corrected chi connectivity index (χ4v) is 3.28. The highest BCUT2D eigenvalue weighted by Gasteiger charge is 2.24. The maximum Gasteiger partial charge on any atom is 0.410 e. The first-order valence-corrected chi connectivity index (χ1v) is 9.59. The summed E-state index contributed by atoms with van der Waals surface area (Å²) in [5, 5.41) is 0. The Morgan fingerprint density at radius 1 is 1.04 bits per heavy atom. The smallest absolute Gasteiger partial charge is 0.410 e. The summed E-state index contributed by atoms with van der Waals surface area (Å²) >= 11 is 0. The van der Waals surface area contributed by atoms with Crippen molar-refractivity contribution < 1.29 is 14.3 Å². The fraction of sp³-hybridized carbons (Fsp3) is 0.435. The minimum Gasteiger partial charge on any atom is -0.489 e. The number of benzene rings is 2. The molecule has 2 aromatic carbocycles. The van der Waals surface area contributed by atoms with E-state index in [2.05, 4.69) is 31.2 Å². The number of carbonyl (C=O) groups excluding carboxylic acids is 1. The van der Waals surface area contributed by atoms with Gasteiger partial charge in [0.2, 0.25) is 0 Å². The van der Waals surface area contributed by atoms with Gasteiger partial charge >= 0.3 is 6.09 Å². The van der Waals surface area contributed by atoms with Gasteiger partial charge in [0.25, 0.3) is 0 Å². The van der Waals surface area contributed by atoms with Crippen LogP contribution in [0.4, 0.5) is 4.79 Å². The van der Waals surface area contributed by atoms with E-state index in [-0.39, 0.29) is 6.09 Å². The van der Waals surface area contributed by atoms with Crippen molar-refractivity contribution in [3.05, 3.63) is 64.7 Å². The van der Waals surface area contributed by atoms with E-state index >= 15 is 0 Å². The summed E-state index contributed by atoms with van der Waals surface area (Å²) in [7, 11) is 0. The Labute approximate surface area is 162 Å². The normalized spacial score (nSPS) is 14.3. The van der Waals surface area contributed by atoms with Crippen molar-refractivity contribution in [3.63, 3.8) is 0 Å². The van der Waals surface area contributed by atoms with Crippen molar-refractivity contribution in [2.75, 3.05) is 13.1 Å². The zero-order valence-corrected chi connectivity index (χ0v) is 16.7. The molecule has 0 atom stereocenters. The summed E-state index contributed by atoms with van der Waals surface area (Å²) in [5.74, 6) is 0.920. The predicted molar refractivity (Wildman–Crippen MR) is 107 cm³/mol. The highest BCUT2D eigenvalue weighted by atomic mass is 16.6. The molecule has 0 aromatic heterocycles. The molecule has 0 bridgehead atoms. The van der Waals surface area contributed by atoms with Gasteiger partial charge in [-0.3, -0.25) is 0 Å². The van der Waals surface area contributed by atoms with Crippen molar-refractivity contribution in [2.45, 2.75) is 52.7 Å². The van der Waals surface area contributed by atoms with E-state index in [1.807, 2.05) is 43.9 Å². The first-order chi connectivity index (χ1) is 12.8. The predicted octanol–water partition coefficient (Wildman–Crippen LogP) is 4.91. The molecule has 4 nitrogen and oxygen atoms in total. The van der Waals surface area contributed by atoms with E-state index in [4.69, 9.17) is 9.47 Å². The molecular formula is C23H29NO3. The molecule has 1 heterocycles. The third-order valence-electron chi connectivity index (χ3n) is 4.69. The molecule has 0 aliphatic carbocycles. The van der Waals surface area contributed by atoms with Crippen LogP contribution in [0.5, 0.6) is 5.75 Å². The average Bonchev–Trinajstić information content (AvgIpc) is 2.81. The van der Waals surface area contributed by atoms with Crippen LogP contribution in [0.2, 0.25) is 0 Å². The minimum atomic E-state index is -0.467. The lowest BCUT2D eigenvalue weighted by Gasteiger charge is -2.26. The van der Waals surface area contributed by atoms with Crippen LogP contribution in [0.25, 0.3) is 0 Å². The third-order valence-corrected chi connectivity index (χ3v) is 4.69. The number of ether oxygens (including phenoxy) is 2. The van der Waals surface area contributed by atoms with Gasteiger partial charge in [-0.1, -0.05) is 36.4 Å². The van der Waals surface area contributed by atoms with Crippen LogP contribution in [0, 0.1) is 6.92 Å². The summed E-state index contributed by atoms with van der Waals surface area (Å²) in [4.78, 5) is 14.2. The van der Waals surface area contributed by atoms with Gasteiger partial charge in [-0.15, -0.1) is 0 Å². The second-order valence-electron chi connectivity index (χ2n) is 8.13. The molecule has 3 rings (SSSR count). The number of nitrogens with zero attached hydrogens (tertiary/aromatic N) is 1. The quantitative estimate of drug-likeness (QED) is 0.774. The van der Waals surface area contributed by atoms with E-state index in [9.17, 15) is 4.79 Å². The topological polar surface area (TPSA) is 38.8 Å². The highest BCUT2D eigenvalue weighted by molar-refractivity contribution is 5.68. The van der Waals surface area contributed by atoms with E-state index in [1.165, 1.54) is 11.1 Å². The zero-order valence-electron chi connectivity index (χ0n) is 16.7. The summed E-state index contributed by atoms with van der Waals surface area (Å²) in [6.45, 7) is 9.70.